The number of rotatable bonds is 1. The molecule has 19 heavy (non-hydrogen) atoms. The van der Waals surface area contributed by atoms with Gasteiger partial charge in [0, 0.05) is 4.47 Å². The van der Waals surface area contributed by atoms with Gasteiger partial charge in [-0.3, -0.25) is 4.57 Å². The fraction of sp³-hybridized carbons (Fsp3) is 0.133. The minimum Gasteiger partial charge on any atom is -0.330 e. The summed E-state index contributed by atoms with van der Waals surface area (Å²) in [4.78, 5) is 3.25. The molecule has 96 valence electrons. The Morgan fingerprint density at radius 2 is 1.74 bits per heavy atom. The first-order valence-electron chi connectivity index (χ1n) is 6.04. The molecule has 0 saturated heterocycles. The standard InChI is InChI=1S/C15H13BrN2S/c1-9-4-6-13(11(16)7-9)18-14-8-10(2)3-5-12(14)17-15(18)19/h3-8H,1-2H3,(H,17,19). The van der Waals surface area contributed by atoms with Crippen LogP contribution in [0.15, 0.2) is 40.9 Å². The van der Waals surface area contributed by atoms with Crippen molar-refractivity contribution in [1.82, 2.24) is 9.55 Å². The fourth-order valence-corrected chi connectivity index (χ4v) is 3.22. The third-order valence-corrected chi connectivity index (χ3v) is 4.10. The van der Waals surface area contributed by atoms with Crippen LogP contribution < -0.4 is 0 Å². The molecule has 0 amide bonds. The predicted octanol–water partition coefficient (Wildman–Crippen LogP) is 5.07. The van der Waals surface area contributed by atoms with Crippen molar-refractivity contribution in [3.8, 4) is 5.69 Å². The maximum Gasteiger partial charge on any atom is 0.182 e. The number of benzene rings is 2. The Morgan fingerprint density at radius 3 is 2.47 bits per heavy atom. The molecule has 0 aliphatic carbocycles. The molecule has 0 radical (unpaired) electrons. The zero-order chi connectivity index (χ0) is 13.6. The monoisotopic (exact) mass is 332 g/mol. The summed E-state index contributed by atoms with van der Waals surface area (Å²) >= 11 is 9.08. The maximum atomic E-state index is 5.46. The Hall–Kier alpha value is -1.39. The molecule has 1 heterocycles. The van der Waals surface area contributed by atoms with Crippen LogP contribution in [0.3, 0.4) is 0 Å². The number of aromatic amines is 1. The van der Waals surface area contributed by atoms with Crippen LogP contribution in [0.1, 0.15) is 11.1 Å². The summed E-state index contributed by atoms with van der Waals surface area (Å²) in [7, 11) is 0. The Balaban J connectivity index is 2.38. The highest BCUT2D eigenvalue weighted by Crippen LogP contribution is 2.27. The molecule has 4 heteroatoms. The predicted molar refractivity (Wildman–Crippen MR) is 85.6 cm³/mol. The molecule has 1 aromatic heterocycles. The molecule has 0 spiro atoms. The lowest BCUT2D eigenvalue weighted by atomic mass is 10.2. The molecule has 2 nitrogen and oxygen atoms in total. The van der Waals surface area contributed by atoms with Crippen LogP contribution in [-0.2, 0) is 0 Å². The third kappa shape index (κ3) is 2.15. The van der Waals surface area contributed by atoms with Crippen molar-refractivity contribution in [2.24, 2.45) is 0 Å². The Labute approximate surface area is 125 Å². The van der Waals surface area contributed by atoms with Crippen molar-refractivity contribution in [1.29, 1.82) is 0 Å². The highest BCUT2D eigenvalue weighted by atomic mass is 79.9. The van der Waals surface area contributed by atoms with E-state index in [1.54, 1.807) is 0 Å². The van der Waals surface area contributed by atoms with Gasteiger partial charge in [0.25, 0.3) is 0 Å². The minimum absolute atomic E-state index is 0.713. The summed E-state index contributed by atoms with van der Waals surface area (Å²) in [6.07, 6.45) is 0. The second-order valence-corrected chi connectivity index (χ2v) is 5.98. The van der Waals surface area contributed by atoms with Crippen molar-refractivity contribution in [3.63, 3.8) is 0 Å². The van der Waals surface area contributed by atoms with Crippen LogP contribution in [0.4, 0.5) is 0 Å². The van der Waals surface area contributed by atoms with Crippen LogP contribution >= 0.6 is 28.1 Å². The van der Waals surface area contributed by atoms with Crippen LogP contribution in [-0.4, -0.2) is 9.55 Å². The largest absolute Gasteiger partial charge is 0.330 e. The van der Waals surface area contributed by atoms with E-state index in [2.05, 4.69) is 75.7 Å². The summed E-state index contributed by atoms with van der Waals surface area (Å²) in [5, 5.41) is 0. The van der Waals surface area contributed by atoms with Crippen LogP contribution in [0.25, 0.3) is 16.7 Å². The number of fused-ring (bicyclic) bond motifs is 1. The molecule has 0 unspecified atom stereocenters. The molecular formula is C15H13BrN2S. The Morgan fingerprint density at radius 1 is 1.05 bits per heavy atom. The number of aromatic nitrogens is 2. The molecule has 0 saturated carbocycles. The van der Waals surface area contributed by atoms with Gasteiger partial charge in [-0.25, -0.2) is 0 Å². The zero-order valence-electron chi connectivity index (χ0n) is 10.7. The number of hydrogen-bond acceptors (Lipinski definition) is 1. The van der Waals surface area contributed by atoms with Gasteiger partial charge in [0.2, 0.25) is 0 Å². The SMILES string of the molecule is Cc1ccc(-n2c(=S)[nH]c3ccc(C)cc32)c(Br)c1. The quantitative estimate of drug-likeness (QED) is 0.617. The van der Waals surface area contributed by atoms with Crippen LogP contribution in [0.2, 0.25) is 0 Å². The van der Waals surface area contributed by atoms with E-state index in [1.165, 1.54) is 11.1 Å². The van der Waals surface area contributed by atoms with E-state index in [0.29, 0.717) is 4.77 Å². The smallest absolute Gasteiger partial charge is 0.182 e. The number of aryl methyl sites for hydroxylation is 2. The van der Waals surface area contributed by atoms with Gasteiger partial charge in [0.15, 0.2) is 4.77 Å². The average molecular weight is 333 g/mol. The van der Waals surface area contributed by atoms with Crippen molar-refractivity contribution in [3.05, 3.63) is 56.8 Å². The summed E-state index contributed by atoms with van der Waals surface area (Å²) in [6.45, 7) is 4.16. The number of halogens is 1. The summed E-state index contributed by atoms with van der Waals surface area (Å²) in [5.41, 5.74) is 5.67. The van der Waals surface area contributed by atoms with E-state index >= 15 is 0 Å². The lowest BCUT2D eigenvalue weighted by Gasteiger charge is -2.08. The number of nitrogens with one attached hydrogen (secondary N) is 1. The first kappa shape index (κ1) is 12.6. The summed E-state index contributed by atoms with van der Waals surface area (Å²) < 4.78 is 3.83. The van der Waals surface area contributed by atoms with Gasteiger partial charge in [0.1, 0.15) is 0 Å². The number of nitrogens with zero attached hydrogens (tertiary/aromatic N) is 1. The van der Waals surface area contributed by atoms with E-state index in [0.717, 1.165) is 21.2 Å². The van der Waals surface area contributed by atoms with Crippen LogP contribution in [0, 0.1) is 18.6 Å². The lowest BCUT2D eigenvalue weighted by molar-refractivity contribution is 1.05. The van der Waals surface area contributed by atoms with Crippen LogP contribution in [0.5, 0.6) is 0 Å². The van der Waals surface area contributed by atoms with Crippen molar-refractivity contribution >= 4 is 39.2 Å². The van der Waals surface area contributed by atoms with E-state index in [-0.39, 0.29) is 0 Å². The third-order valence-electron chi connectivity index (χ3n) is 3.18. The van der Waals surface area contributed by atoms with E-state index in [1.807, 2.05) is 0 Å². The molecule has 1 N–H and O–H groups in total. The molecule has 0 aliphatic rings. The van der Waals surface area contributed by atoms with Crippen molar-refractivity contribution in [2.75, 3.05) is 0 Å². The number of H-pyrrole nitrogens is 1. The zero-order valence-corrected chi connectivity index (χ0v) is 13.1. The molecule has 0 bridgehead atoms. The van der Waals surface area contributed by atoms with Gasteiger partial charge in [-0.05, 0) is 77.4 Å². The molecule has 3 aromatic rings. The summed E-state index contributed by atoms with van der Waals surface area (Å²) in [5.74, 6) is 0. The topological polar surface area (TPSA) is 20.7 Å². The lowest BCUT2D eigenvalue weighted by Crippen LogP contribution is -1.95. The molecule has 0 aliphatic heterocycles. The first-order chi connectivity index (χ1) is 9.06. The second kappa shape index (κ2) is 4.62. The van der Waals surface area contributed by atoms with Gasteiger partial charge in [0.05, 0.1) is 16.7 Å². The van der Waals surface area contributed by atoms with E-state index in [4.69, 9.17) is 12.2 Å². The minimum atomic E-state index is 0.713. The highest BCUT2D eigenvalue weighted by Gasteiger charge is 2.09. The molecular weight excluding hydrogens is 320 g/mol. The van der Waals surface area contributed by atoms with E-state index < -0.39 is 0 Å². The molecule has 0 atom stereocenters. The maximum absolute atomic E-state index is 5.46. The number of hydrogen-bond donors (Lipinski definition) is 1. The van der Waals surface area contributed by atoms with Gasteiger partial charge < -0.3 is 4.98 Å². The van der Waals surface area contributed by atoms with Gasteiger partial charge in [-0.15, -0.1) is 0 Å². The highest BCUT2D eigenvalue weighted by molar-refractivity contribution is 9.10. The van der Waals surface area contributed by atoms with Gasteiger partial charge in [-0.1, -0.05) is 12.1 Å². The fourth-order valence-electron chi connectivity index (χ4n) is 2.25. The molecule has 2 aromatic carbocycles. The second-order valence-electron chi connectivity index (χ2n) is 4.74. The van der Waals surface area contributed by atoms with E-state index in [9.17, 15) is 0 Å². The average Bonchev–Trinajstić information content (AvgIpc) is 2.65. The van der Waals surface area contributed by atoms with Crippen molar-refractivity contribution in [2.45, 2.75) is 13.8 Å². The Bertz CT molecular complexity index is 830. The summed E-state index contributed by atoms with van der Waals surface area (Å²) in [6, 6.07) is 12.6. The number of imidazole rings is 1. The Kier molecular flexibility index (Phi) is 3.07. The molecule has 3 rings (SSSR count). The van der Waals surface area contributed by atoms with Gasteiger partial charge >= 0.3 is 0 Å². The van der Waals surface area contributed by atoms with Crippen molar-refractivity contribution < 1.29 is 0 Å². The normalized spacial score (nSPS) is 11.1. The van der Waals surface area contributed by atoms with Gasteiger partial charge in [-0.2, -0.15) is 0 Å². The first-order valence-corrected chi connectivity index (χ1v) is 7.24. The molecule has 0 fully saturated rings.